The molecular weight excluding hydrogens is 533 g/mol. The van der Waals surface area contributed by atoms with E-state index < -0.39 is 29.2 Å². The number of nitrogen functional groups attached to an aromatic ring is 1. The zero-order valence-corrected chi connectivity index (χ0v) is 21.6. The van der Waals surface area contributed by atoms with Gasteiger partial charge in [0.05, 0.1) is 22.3 Å². The van der Waals surface area contributed by atoms with Crippen LogP contribution in [0.4, 0.5) is 41.0 Å². The third-order valence-corrected chi connectivity index (χ3v) is 6.75. The molecule has 4 rings (SSSR count). The van der Waals surface area contributed by atoms with E-state index in [4.69, 9.17) is 17.2 Å². The molecule has 0 aliphatic heterocycles. The van der Waals surface area contributed by atoms with Crippen LogP contribution in [0, 0.1) is 0 Å². The summed E-state index contributed by atoms with van der Waals surface area (Å²) in [5.74, 6) is -0.447. The minimum absolute atomic E-state index is 0.139. The molecule has 2 aromatic heterocycles. The molecule has 4 aromatic rings. The fraction of sp³-hybridized carbons (Fsp3) is 0.200. The van der Waals surface area contributed by atoms with E-state index in [-0.39, 0.29) is 28.7 Å². The number of nitrogens with one attached hydrogen (secondary N) is 3. The Hall–Kier alpha value is -4.43. The van der Waals surface area contributed by atoms with Crippen LogP contribution in [0.3, 0.4) is 0 Å². The highest BCUT2D eigenvalue weighted by molar-refractivity contribution is 7.21. The lowest BCUT2D eigenvalue weighted by molar-refractivity contribution is -0.137. The Morgan fingerprint density at radius 1 is 1.00 bits per heavy atom. The number of hydrogen-bond acceptors (Lipinski definition) is 8. The largest absolute Gasteiger partial charge is 0.416 e. The maximum absolute atomic E-state index is 12.8. The second-order valence-corrected chi connectivity index (χ2v) is 10.2. The number of carbonyl (C=O) groups excluding carboxylic acids is 2. The normalized spacial score (nSPS) is 11.8. The van der Waals surface area contributed by atoms with Gasteiger partial charge in [-0.2, -0.15) is 13.2 Å². The van der Waals surface area contributed by atoms with Crippen LogP contribution in [-0.2, 0) is 6.18 Å². The molecule has 2 aromatic carbocycles. The maximum atomic E-state index is 12.8. The average molecular weight is 559 g/mol. The van der Waals surface area contributed by atoms with E-state index >= 15 is 0 Å². The van der Waals surface area contributed by atoms with Crippen molar-refractivity contribution in [3.63, 3.8) is 0 Å². The molecule has 39 heavy (non-hydrogen) atoms. The molecule has 0 spiro atoms. The second-order valence-electron chi connectivity index (χ2n) is 9.23. The van der Waals surface area contributed by atoms with E-state index in [0.29, 0.717) is 27.2 Å². The smallest absolute Gasteiger partial charge is 0.397 e. The van der Waals surface area contributed by atoms with Gasteiger partial charge in [-0.3, -0.25) is 4.79 Å². The Morgan fingerprint density at radius 3 is 2.28 bits per heavy atom. The summed E-state index contributed by atoms with van der Waals surface area (Å²) >= 11 is 1.04. The minimum atomic E-state index is -4.48. The van der Waals surface area contributed by atoms with Crippen molar-refractivity contribution in [2.24, 2.45) is 11.5 Å². The highest BCUT2D eigenvalue weighted by atomic mass is 32.1. The van der Waals surface area contributed by atoms with Gasteiger partial charge in [-0.1, -0.05) is 12.1 Å². The van der Waals surface area contributed by atoms with Gasteiger partial charge < -0.3 is 33.2 Å². The fourth-order valence-corrected chi connectivity index (χ4v) is 4.55. The number of nitrogens with zero attached hydrogens (tertiary/aromatic N) is 2. The summed E-state index contributed by atoms with van der Waals surface area (Å²) in [6.07, 6.45) is -4.48. The minimum Gasteiger partial charge on any atom is -0.397 e. The maximum Gasteiger partial charge on any atom is 0.416 e. The number of benzene rings is 2. The van der Waals surface area contributed by atoms with E-state index in [1.165, 1.54) is 0 Å². The molecule has 0 aliphatic carbocycles. The first-order valence-electron chi connectivity index (χ1n) is 11.5. The summed E-state index contributed by atoms with van der Waals surface area (Å²) in [7, 11) is 0. The van der Waals surface area contributed by atoms with Crippen LogP contribution in [-0.4, -0.2) is 34.0 Å². The van der Waals surface area contributed by atoms with E-state index in [0.717, 1.165) is 35.6 Å². The lowest BCUT2D eigenvalue weighted by Crippen LogP contribution is -2.39. The van der Waals surface area contributed by atoms with Gasteiger partial charge >= 0.3 is 12.2 Å². The summed E-state index contributed by atoms with van der Waals surface area (Å²) in [6.45, 7) is 4.03. The number of fused-ring (bicyclic) bond motifs is 1. The molecule has 0 aliphatic rings. The van der Waals surface area contributed by atoms with Crippen LogP contribution in [0.5, 0.6) is 0 Å². The lowest BCUT2D eigenvalue weighted by Gasteiger charge is -2.24. The molecule has 14 heteroatoms. The first-order valence-corrected chi connectivity index (χ1v) is 12.3. The lowest BCUT2D eigenvalue weighted by atomic mass is 10.1. The second kappa shape index (κ2) is 10.4. The van der Waals surface area contributed by atoms with Crippen molar-refractivity contribution in [3.8, 4) is 11.3 Å². The van der Waals surface area contributed by atoms with Crippen molar-refractivity contribution >= 4 is 56.5 Å². The molecule has 0 atom stereocenters. The van der Waals surface area contributed by atoms with Crippen LogP contribution in [0.15, 0.2) is 48.5 Å². The van der Waals surface area contributed by atoms with Crippen molar-refractivity contribution < 1.29 is 22.8 Å². The average Bonchev–Trinajstić information content (AvgIpc) is 3.19. The van der Waals surface area contributed by atoms with Gasteiger partial charge in [0.1, 0.15) is 9.71 Å². The third-order valence-electron chi connectivity index (χ3n) is 5.64. The number of carbonyl (C=O) groups is 2. The van der Waals surface area contributed by atoms with Crippen molar-refractivity contribution in [2.45, 2.75) is 25.6 Å². The summed E-state index contributed by atoms with van der Waals surface area (Å²) in [5.41, 5.74) is 17.9. The molecule has 10 nitrogen and oxygen atoms in total. The first-order chi connectivity index (χ1) is 18.3. The standard InChI is InChI=1S/C25H25F3N8O2S/c1-24(2,11-29)36-22-34-18(16-17(30)19(20(31)37)39-21(16)35-22)12-4-3-5-15(10-12)33-23(38)32-14-8-6-13(7-9-14)25(26,27)28/h3-10H,11,29-30H2,1-2H3,(H2,31,37)(H2,32,33,38)(H,34,35,36). The number of aromatic nitrogens is 2. The molecule has 0 radical (unpaired) electrons. The summed E-state index contributed by atoms with van der Waals surface area (Å²) < 4.78 is 38.4. The summed E-state index contributed by atoms with van der Waals surface area (Å²) in [5, 5.41) is 8.73. The Labute approximate surface area is 224 Å². The van der Waals surface area contributed by atoms with Gasteiger partial charge in [0.25, 0.3) is 5.91 Å². The van der Waals surface area contributed by atoms with Crippen LogP contribution >= 0.6 is 11.3 Å². The molecule has 0 unspecified atom stereocenters. The predicted molar refractivity (Wildman–Crippen MR) is 147 cm³/mol. The van der Waals surface area contributed by atoms with Gasteiger partial charge in [-0.25, -0.2) is 14.8 Å². The Balaban J connectivity index is 1.66. The van der Waals surface area contributed by atoms with Gasteiger partial charge in [-0.05, 0) is 50.2 Å². The quantitative estimate of drug-likeness (QED) is 0.188. The zero-order valence-electron chi connectivity index (χ0n) is 20.8. The molecule has 0 bridgehead atoms. The predicted octanol–water partition coefficient (Wildman–Crippen LogP) is 4.85. The van der Waals surface area contributed by atoms with Gasteiger partial charge in [0, 0.05) is 29.0 Å². The first kappa shape index (κ1) is 27.6. The van der Waals surface area contributed by atoms with Crippen molar-refractivity contribution in [3.05, 3.63) is 59.0 Å². The molecule has 9 N–H and O–H groups in total. The van der Waals surface area contributed by atoms with Crippen LogP contribution in [0.2, 0.25) is 0 Å². The van der Waals surface area contributed by atoms with Crippen molar-refractivity contribution in [2.75, 3.05) is 28.2 Å². The Kier molecular flexibility index (Phi) is 7.35. The van der Waals surface area contributed by atoms with E-state index in [9.17, 15) is 22.8 Å². The molecule has 0 saturated heterocycles. The fourth-order valence-electron chi connectivity index (χ4n) is 3.60. The number of primary amides is 1. The van der Waals surface area contributed by atoms with E-state index in [1.54, 1.807) is 24.3 Å². The Bertz CT molecular complexity index is 1550. The molecule has 3 amide bonds. The van der Waals surface area contributed by atoms with Crippen molar-refractivity contribution in [1.82, 2.24) is 9.97 Å². The highest BCUT2D eigenvalue weighted by Crippen LogP contribution is 2.39. The highest BCUT2D eigenvalue weighted by Gasteiger charge is 2.30. The SMILES string of the molecule is CC(C)(CN)Nc1nc(-c2cccc(NC(=O)Nc3ccc(C(F)(F)F)cc3)c2)c2c(N)c(C(N)=O)sc2n1. The van der Waals surface area contributed by atoms with Gasteiger partial charge in [-0.15, -0.1) is 11.3 Å². The van der Waals surface area contributed by atoms with Crippen molar-refractivity contribution in [1.29, 1.82) is 0 Å². The monoisotopic (exact) mass is 558 g/mol. The molecule has 0 fully saturated rings. The number of anilines is 4. The van der Waals surface area contributed by atoms with Crippen LogP contribution < -0.4 is 33.2 Å². The number of alkyl halides is 3. The number of halogens is 3. The number of nitrogens with two attached hydrogens (primary N) is 3. The van der Waals surface area contributed by atoms with Gasteiger partial charge in [0.2, 0.25) is 5.95 Å². The molecule has 2 heterocycles. The molecule has 204 valence electrons. The number of urea groups is 1. The Morgan fingerprint density at radius 2 is 1.67 bits per heavy atom. The van der Waals surface area contributed by atoms with Crippen LogP contribution in [0.25, 0.3) is 21.5 Å². The topological polar surface area (TPSA) is 174 Å². The van der Waals surface area contributed by atoms with E-state index in [1.807, 2.05) is 13.8 Å². The van der Waals surface area contributed by atoms with Gasteiger partial charge in [0.15, 0.2) is 0 Å². The molecular formula is C25H25F3N8O2S. The van der Waals surface area contributed by atoms with Crippen LogP contribution in [0.1, 0.15) is 29.1 Å². The third kappa shape index (κ3) is 6.18. The number of hydrogen-bond donors (Lipinski definition) is 6. The van der Waals surface area contributed by atoms with E-state index in [2.05, 4.69) is 25.9 Å². The summed E-state index contributed by atoms with van der Waals surface area (Å²) in [4.78, 5) is 34.2. The number of amides is 3. The summed E-state index contributed by atoms with van der Waals surface area (Å²) in [6, 6.07) is 10.1. The zero-order chi connectivity index (χ0) is 28.5. The number of rotatable bonds is 7. The number of thiophene rings is 1. The molecule has 0 saturated carbocycles.